The van der Waals surface area contributed by atoms with E-state index in [1.54, 1.807) is 11.1 Å². The zero-order valence-corrected chi connectivity index (χ0v) is 14.5. The van der Waals surface area contributed by atoms with Crippen LogP contribution in [0.2, 0.25) is 0 Å². The van der Waals surface area contributed by atoms with E-state index in [1.165, 1.54) is 5.56 Å². The molecule has 0 saturated carbocycles. The molecular weight excluding hydrogens is 316 g/mol. The molecule has 2 heterocycles. The van der Waals surface area contributed by atoms with Gasteiger partial charge in [-0.05, 0) is 18.9 Å². The Labute approximate surface area is 147 Å². The Hall–Kier alpha value is -2.63. The summed E-state index contributed by atoms with van der Waals surface area (Å²) < 4.78 is 1.99. The summed E-state index contributed by atoms with van der Waals surface area (Å²) in [6.45, 7) is 4.35. The number of aryl methyl sites for hydroxylation is 1. The first-order chi connectivity index (χ1) is 12.1. The molecule has 6 nitrogen and oxygen atoms in total. The number of rotatable bonds is 7. The summed E-state index contributed by atoms with van der Waals surface area (Å²) >= 11 is 0. The number of hydrogen-bond acceptors (Lipinski definition) is 3. The maximum atomic E-state index is 12.3. The maximum Gasteiger partial charge on any atom is 0.225 e. The van der Waals surface area contributed by atoms with E-state index in [9.17, 15) is 9.59 Å². The van der Waals surface area contributed by atoms with Crippen molar-refractivity contribution < 1.29 is 9.59 Å². The van der Waals surface area contributed by atoms with Gasteiger partial charge in [-0.15, -0.1) is 0 Å². The van der Waals surface area contributed by atoms with E-state index < -0.39 is 0 Å². The van der Waals surface area contributed by atoms with Gasteiger partial charge in [0.15, 0.2) is 0 Å². The second-order valence-corrected chi connectivity index (χ2v) is 6.44. The SMILES string of the molecule is Cc1nccn1CCNC(=O)C1CC(=O)N(CCc2ccccc2)C1. The van der Waals surface area contributed by atoms with Crippen LogP contribution in [0.15, 0.2) is 42.7 Å². The van der Waals surface area contributed by atoms with E-state index in [4.69, 9.17) is 0 Å². The minimum absolute atomic E-state index is 0.0340. The Morgan fingerprint density at radius 2 is 2.08 bits per heavy atom. The van der Waals surface area contributed by atoms with Crippen molar-refractivity contribution in [3.63, 3.8) is 0 Å². The van der Waals surface area contributed by atoms with Crippen molar-refractivity contribution in [1.82, 2.24) is 19.8 Å². The lowest BCUT2D eigenvalue weighted by molar-refractivity contribution is -0.129. The minimum Gasteiger partial charge on any atom is -0.354 e. The lowest BCUT2D eigenvalue weighted by Gasteiger charge is -2.16. The number of carbonyl (C=O) groups excluding carboxylic acids is 2. The van der Waals surface area contributed by atoms with Crippen LogP contribution in [0.5, 0.6) is 0 Å². The fourth-order valence-corrected chi connectivity index (χ4v) is 3.16. The number of nitrogens with one attached hydrogen (secondary N) is 1. The molecule has 132 valence electrons. The van der Waals surface area contributed by atoms with Crippen LogP contribution >= 0.6 is 0 Å². The normalized spacial score (nSPS) is 17.1. The molecule has 1 saturated heterocycles. The van der Waals surface area contributed by atoms with Crippen molar-refractivity contribution in [2.24, 2.45) is 5.92 Å². The second-order valence-electron chi connectivity index (χ2n) is 6.44. The van der Waals surface area contributed by atoms with Gasteiger partial charge in [-0.2, -0.15) is 0 Å². The van der Waals surface area contributed by atoms with Gasteiger partial charge in [0, 0.05) is 45.0 Å². The topological polar surface area (TPSA) is 67.2 Å². The molecule has 2 aromatic rings. The fourth-order valence-electron chi connectivity index (χ4n) is 3.16. The van der Waals surface area contributed by atoms with Gasteiger partial charge in [-0.25, -0.2) is 4.98 Å². The summed E-state index contributed by atoms with van der Waals surface area (Å²) in [5, 5.41) is 2.94. The summed E-state index contributed by atoms with van der Waals surface area (Å²) in [5.41, 5.74) is 1.21. The van der Waals surface area contributed by atoms with Crippen LogP contribution in [-0.4, -0.2) is 45.9 Å². The molecule has 1 atom stereocenters. The van der Waals surface area contributed by atoms with E-state index in [0.29, 0.717) is 32.6 Å². The first kappa shape index (κ1) is 17.2. The number of imidazole rings is 1. The van der Waals surface area contributed by atoms with E-state index >= 15 is 0 Å². The number of nitrogens with zero attached hydrogens (tertiary/aromatic N) is 3. The average molecular weight is 340 g/mol. The van der Waals surface area contributed by atoms with E-state index in [1.807, 2.05) is 35.9 Å². The molecule has 1 fully saturated rings. The predicted octanol–water partition coefficient (Wildman–Crippen LogP) is 1.40. The van der Waals surface area contributed by atoms with Crippen LogP contribution in [0.4, 0.5) is 0 Å². The molecule has 1 aliphatic heterocycles. The van der Waals surface area contributed by atoms with Gasteiger partial charge in [-0.1, -0.05) is 30.3 Å². The third kappa shape index (κ3) is 4.47. The van der Waals surface area contributed by atoms with Crippen LogP contribution in [0.1, 0.15) is 17.8 Å². The average Bonchev–Trinajstić information content (AvgIpc) is 3.20. The third-order valence-electron chi connectivity index (χ3n) is 4.67. The summed E-state index contributed by atoms with van der Waals surface area (Å²) in [4.78, 5) is 30.4. The fraction of sp³-hybridized carbons (Fsp3) is 0.421. The molecule has 3 rings (SSSR count). The molecule has 6 heteroatoms. The van der Waals surface area contributed by atoms with Crippen LogP contribution in [0.3, 0.4) is 0 Å². The van der Waals surface area contributed by atoms with Gasteiger partial charge in [0.1, 0.15) is 5.82 Å². The summed E-state index contributed by atoms with van der Waals surface area (Å²) in [6, 6.07) is 10.1. The van der Waals surface area contributed by atoms with Crippen molar-refractivity contribution in [3.05, 3.63) is 54.1 Å². The largest absolute Gasteiger partial charge is 0.354 e. The van der Waals surface area contributed by atoms with Gasteiger partial charge in [0.05, 0.1) is 5.92 Å². The highest BCUT2D eigenvalue weighted by Crippen LogP contribution is 2.18. The van der Waals surface area contributed by atoms with Crippen molar-refractivity contribution in [2.75, 3.05) is 19.6 Å². The molecule has 0 radical (unpaired) electrons. The molecule has 1 aromatic heterocycles. The number of benzene rings is 1. The van der Waals surface area contributed by atoms with Gasteiger partial charge in [0.25, 0.3) is 0 Å². The number of carbonyl (C=O) groups is 2. The lowest BCUT2D eigenvalue weighted by atomic mass is 10.1. The number of likely N-dealkylation sites (tertiary alicyclic amines) is 1. The van der Waals surface area contributed by atoms with Gasteiger partial charge < -0.3 is 14.8 Å². The zero-order valence-electron chi connectivity index (χ0n) is 14.5. The molecule has 1 aromatic carbocycles. The molecular formula is C19H24N4O2. The first-order valence-electron chi connectivity index (χ1n) is 8.70. The van der Waals surface area contributed by atoms with Gasteiger partial charge in [-0.3, -0.25) is 9.59 Å². The Bertz CT molecular complexity index is 726. The van der Waals surface area contributed by atoms with Crippen molar-refractivity contribution >= 4 is 11.8 Å². The summed E-state index contributed by atoms with van der Waals surface area (Å²) in [5.74, 6) is 0.722. The van der Waals surface area contributed by atoms with E-state index in [-0.39, 0.29) is 17.7 Å². The van der Waals surface area contributed by atoms with E-state index in [2.05, 4.69) is 22.4 Å². The smallest absolute Gasteiger partial charge is 0.225 e. The maximum absolute atomic E-state index is 12.3. The predicted molar refractivity (Wildman–Crippen MR) is 94.8 cm³/mol. The van der Waals surface area contributed by atoms with Crippen LogP contribution in [0.25, 0.3) is 0 Å². The second kappa shape index (κ2) is 7.96. The zero-order chi connectivity index (χ0) is 17.6. The minimum atomic E-state index is -0.243. The van der Waals surface area contributed by atoms with Crippen LogP contribution < -0.4 is 5.32 Å². The van der Waals surface area contributed by atoms with Crippen molar-refractivity contribution in [3.8, 4) is 0 Å². The highest BCUT2D eigenvalue weighted by Gasteiger charge is 2.33. The highest BCUT2D eigenvalue weighted by molar-refractivity contribution is 5.89. The number of amides is 2. The summed E-state index contributed by atoms with van der Waals surface area (Å²) in [6.07, 6.45) is 4.77. The van der Waals surface area contributed by atoms with Crippen molar-refractivity contribution in [1.29, 1.82) is 0 Å². The molecule has 1 aliphatic rings. The monoisotopic (exact) mass is 340 g/mol. The number of aromatic nitrogens is 2. The summed E-state index contributed by atoms with van der Waals surface area (Å²) in [7, 11) is 0. The van der Waals surface area contributed by atoms with Gasteiger partial charge >= 0.3 is 0 Å². The molecule has 0 aliphatic carbocycles. The molecule has 0 bridgehead atoms. The Morgan fingerprint density at radius 1 is 1.28 bits per heavy atom. The molecule has 25 heavy (non-hydrogen) atoms. The van der Waals surface area contributed by atoms with Crippen LogP contribution in [-0.2, 0) is 22.6 Å². The van der Waals surface area contributed by atoms with Crippen molar-refractivity contribution in [2.45, 2.75) is 26.3 Å². The number of hydrogen-bond donors (Lipinski definition) is 1. The quantitative estimate of drug-likeness (QED) is 0.828. The third-order valence-corrected chi connectivity index (χ3v) is 4.67. The Kier molecular flexibility index (Phi) is 5.48. The van der Waals surface area contributed by atoms with Crippen LogP contribution in [0, 0.1) is 12.8 Å². The first-order valence-corrected chi connectivity index (χ1v) is 8.70. The molecule has 2 amide bonds. The lowest BCUT2D eigenvalue weighted by Crippen LogP contribution is -2.35. The standard InChI is InChI=1S/C19H24N4O2/c1-15-20-8-11-22(15)12-9-21-19(25)17-13-18(24)23(14-17)10-7-16-5-3-2-4-6-16/h2-6,8,11,17H,7,9-10,12-14H2,1H3,(H,21,25). The molecule has 0 spiro atoms. The van der Waals surface area contributed by atoms with Gasteiger partial charge in [0.2, 0.25) is 11.8 Å². The highest BCUT2D eigenvalue weighted by atomic mass is 16.2. The Morgan fingerprint density at radius 3 is 2.80 bits per heavy atom. The molecule has 1 N–H and O–H groups in total. The van der Waals surface area contributed by atoms with E-state index in [0.717, 1.165) is 12.2 Å². The molecule has 1 unspecified atom stereocenters. The Balaban J connectivity index is 1.43.